The Morgan fingerprint density at radius 1 is 1.50 bits per heavy atom. The molecular formula is C9H16N2O. The number of carbonyl (C=O) groups excluding carboxylic acids is 1. The van der Waals surface area contributed by atoms with Gasteiger partial charge in [0, 0.05) is 0 Å². The molecule has 0 saturated heterocycles. The van der Waals surface area contributed by atoms with Crippen molar-refractivity contribution in [2.45, 2.75) is 39.5 Å². The van der Waals surface area contributed by atoms with Crippen molar-refractivity contribution in [3.8, 4) is 0 Å². The van der Waals surface area contributed by atoms with Crippen LogP contribution in [0.15, 0.2) is 5.10 Å². The summed E-state index contributed by atoms with van der Waals surface area (Å²) in [5.74, 6) is 0.148. The Kier molecular flexibility index (Phi) is 3.26. The molecule has 1 atom stereocenters. The molecule has 1 N–H and O–H groups in total. The molecule has 0 aliphatic carbocycles. The van der Waals surface area contributed by atoms with Gasteiger partial charge in [-0.1, -0.05) is 26.7 Å². The molecule has 0 aromatic rings. The van der Waals surface area contributed by atoms with Crippen molar-refractivity contribution >= 4 is 11.6 Å². The molecule has 0 aromatic carbocycles. The van der Waals surface area contributed by atoms with Crippen LogP contribution in [-0.4, -0.2) is 11.6 Å². The summed E-state index contributed by atoms with van der Waals surface area (Å²) in [4.78, 5) is 11.2. The standard InChI is InChI=1S/C9H16N2O/c1-3-5-6-7-8(4-2)10-11-9(7)12/h7H,3-6H2,1-2H3,(H,11,12). The van der Waals surface area contributed by atoms with E-state index in [0.29, 0.717) is 0 Å². The van der Waals surface area contributed by atoms with Gasteiger partial charge in [0.1, 0.15) is 0 Å². The van der Waals surface area contributed by atoms with Crippen LogP contribution in [-0.2, 0) is 4.79 Å². The lowest BCUT2D eigenvalue weighted by Gasteiger charge is -2.06. The maximum absolute atomic E-state index is 11.2. The van der Waals surface area contributed by atoms with Gasteiger partial charge in [-0.05, 0) is 12.8 Å². The molecule has 0 spiro atoms. The van der Waals surface area contributed by atoms with Crippen LogP contribution in [0.5, 0.6) is 0 Å². The molecule has 1 aliphatic heterocycles. The number of rotatable bonds is 4. The van der Waals surface area contributed by atoms with Crippen molar-refractivity contribution in [3.63, 3.8) is 0 Å². The summed E-state index contributed by atoms with van der Waals surface area (Å²) in [6.07, 6.45) is 4.08. The molecule has 1 aliphatic rings. The molecule has 1 unspecified atom stereocenters. The number of nitrogens with one attached hydrogen (secondary N) is 1. The first-order valence-corrected chi connectivity index (χ1v) is 4.65. The van der Waals surface area contributed by atoms with Crippen LogP contribution in [0.25, 0.3) is 0 Å². The average Bonchev–Trinajstić information content (AvgIpc) is 2.43. The molecule has 0 fully saturated rings. The minimum absolute atomic E-state index is 0.0648. The molecule has 1 heterocycles. The number of hydrogen-bond donors (Lipinski definition) is 1. The monoisotopic (exact) mass is 168 g/mol. The fraction of sp³-hybridized carbons (Fsp3) is 0.778. The maximum Gasteiger partial charge on any atom is 0.248 e. The SMILES string of the molecule is CCCCC1C(=O)NN=C1CC. The van der Waals surface area contributed by atoms with E-state index < -0.39 is 0 Å². The van der Waals surface area contributed by atoms with Crippen LogP contribution in [0.1, 0.15) is 39.5 Å². The predicted molar refractivity (Wildman–Crippen MR) is 48.9 cm³/mol. The Hall–Kier alpha value is -0.860. The van der Waals surface area contributed by atoms with Crippen molar-refractivity contribution in [2.75, 3.05) is 0 Å². The Morgan fingerprint density at radius 3 is 2.83 bits per heavy atom. The molecule has 0 saturated carbocycles. The highest BCUT2D eigenvalue weighted by Crippen LogP contribution is 2.16. The van der Waals surface area contributed by atoms with Gasteiger partial charge in [0.15, 0.2) is 0 Å². The van der Waals surface area contributed by atoms with Crippen LogP contribution < -0.4 is 5.43 Å². The van der Waals surface area contributed by atoms with Crippen LogP contribution in [0.4, 0.5) is 0 Å². The first kappa shape index (κ1) is 9.23. The number of amides is 1. The highest BCUT2D eigenvalue weighted by atomic mass is 16.2. The third-order valence-corrected chi connectivity index (χ3v) is 2.24. The third-order valence-electron chi connectivity index (χ3n) is 2.24. The Bertz CT molecular complexity index is 199. The van der Waals surface area contributed by atoms with Gasteiger partial charge in [0.05, 0.1) is 11.6 Å². The predicted octanol–water partition coefficient (Wildman–Crippen LogP) is 1.69. The van der Waals surface area contributed by atoms with E-state index in [-0.39, 0.29) is 11.8 Å². The fourth-order valence-corrected chi connectivity index (χ4v) is 1.47. The van der Waals surface area contributed by atoms with Gasteiger partial charge in [0.2, 0.25) is 5.91 Å². The first-order valence-electron chi connectivity index (χ1n) is 4.65. The summed E-state index contributed by atoms with van der Waals surface area (Å²) in [5, 5.41) is 3.99. The smallest absolute Gasteiger partial charge is 0.248 e. The average molecular weight is 168 g/mol. The van der Waals surface area contributed by atoms with Gasteiger partial charge in [-0.25, -0.2) is 5.43 Å². The lowest BCUT2D eigenvalue weighted by Crippen LogP contribution is -2.22. The van der Waals surface area contributed by atoms with Gasteiger partial charge < -0.3 is 0 Å². The number of carbonyl (C=O) groups is 1. The van der Waals surface area contributed by atoms with Crippen LogP contribution >= 0.6 is 0 Å². The zero-order valence-electron chi connectivity index (χ0n) is 7.76. The minimum Gasteiger partial charge on any atom is -0.272 e. The molecule has 68 valence electrons. The summed E-state index contributed by atoms with van der Waals surface area (Å²) >= 11 is 0. The second kappa shape index (κ2) is 4.24. The summed E-state index contributed by atoms with van der Waals surface area (Å²) in [7, 11) is 0. The van der Waals surface area contributed by atoms with E-state index in [2.05, 4.69) is 17.5 Å². The summed E-state index contributed by atoms with van der Waals surface area (Å²) < 4.78 is 0. The molecule has 0 radical (unpaired) electrons. The molecule has 0 aromatic heterocycles. The van der Waals surface area contributed by atoms with Crippen molar-refractivity contribution in [1.29, 1.82) is 0 Å². The van der Waals surface area contributed by atoms with E-state index in [1.165, 1.54) is 0 Å². The first-order chi connectivity index (χ1) is 5.79. The van der Waals surface area contributed by atoms with Crippen LogP contribution in [0.3, 0.4) is 0 Å². The van der Waals surface area contributed by atoms with Crippen molar-refractivity contribution in [3.05, 3.63) is 0 Å². The second-order valence-corrected chi connectivity index (χ2v) is 3.13. The number of hydrogen-bond acceptors (Lipinski definition) is 2. The van der Waals surface area contributed by atoms with Crippen molar-refractivity contribution < 1.29 is 4.79 Å². The van der Waals surface area contributed by atoms with Gasteiger partial charge in [-0.3, -0.25) is 4.79 Å². The zero-order valence-corrected chi connectivity index (χ0v) is 7.76. The quantitative estimate of drug-likeness (QED) is 0.681. The van der Waals surface area contributed by atoms with Gasteiger partial charge in [-0.2, -0.15) is 5.10 Å². The number of hydrazone groups is 1. The largest absolute Gasteiger partial charge is 0.272 e. The molecule has 1 amide bonds. The summed E-state index contributed by atoms with van der Waals surface area (Å²) in [6, 6.07) is 0. The fourth-order valence-electron chi connectivity index (χ4n) is 1.47. The molecule has 3 heteroatoms. The third kappa shape index (κ3) is 1.84. The van der Waals surface area contributed by atoms with Gasteiger partial charge in [0.25, 0.3) is 0 Å². The maximum atomic E-state index is 11.2. The highest BCUT2D eigenvalue weighted by molar-refractivity contribution is 6.07. The van der Waals surface area contributed by atoms with Gasteiger partial charge in [-0.15, -0.1) is 0 Å². The van der Waals surface area contributed by atoms with Crippen molar-refractivity contribution in [1.82, 2.24) is 5.43 Å². The molecular weight excluding hydrogens is 152 g/mol. The van der Waals surface area contributed by atoms with E-state index >= 15 is 0 Å². The number of nitrogens with zero attached hydrogens (tertiary/aromatic N) is 1. The normalized spacial score (nSPS) is 22.3. The van der Waals surface area contributed by atoms with Crippen molar-refractivity contribution in [2.24, 2.45) is 11.0 Å². The van der Waals surface area contributed by atoms with E-state index in [1.54, 1.807) is 0 Å². The summed E-state index contributed by atoms with van der Waals surface area (Å²) in [6.45, 7) is 4.17. The Labute approximate surface area is 73.2 Å². The van der Waals surface area contributed by atoms with E-state index in [4.69, 9.17) is 0 Å². The summed E-state index contributed by atoms with van der Waals surface area (Å²) in [5.41, 5.74) is 3.55. The van der Waals surface area contributed by atoms with E-state index in [1.807, 2.05) is 6.92 Å². The molecule has 0 bridgehead atoms. The lowest BCUT2D eigenvalue weighted by atomic mass is 9.95. The lowest BCUT2D eigenvalue weighted by molar-refractivity contribution is -0.122. The second-order valence-electron chi connectivity index (χ2n) is 3.13. The van der Waals surface area contributed by atoms with Crippen LogP contribution in [0, 0.1) is 5.92 Å². The molecule has 1 rings (SSSR count). The molecule has 12 heavy (non-hydrogen) atoms. The van der Waals surface area contributed by atoms with Crippen LogP contribution in [0.2, 0.25) is 0 Å². The Balaban J connectivity index is 2.48. The van der Waals surface area contributed by atoms with Gasteiger partial charge >= 0.3 is 0 Å². The minimum atomic E-state index is 0.0648. The molecule has 3 nitrogen and oxygen atoms in total. The highest BCUT2D eigenvalue weighted by Gasteiger charge is 2.27. The topological polar surface area (TPSA) is 41.5 Å². The number of unbranched alkanes of at least 4 members (excludes halogenated alkanes) is 1. The Morgan fingerprint density at radius 2 is 2.25 bits per heavy atom. The zero-order chi connectivity index (χ0) is 8.97. The van der Waals surface area contributed by atoms with E-state index in [0.717, 1.165) is 31.4 Å². The van der Waals surface area contributed by atoms with E-state index in [9.17, 15) is 4.79 Å².